The molecule has 0 saturated heterocycles. The van der Waals surface area contributed by atoms with Crippen LogP contribution in [0.5, 0.6) is 0 Å². The summed E-state index contributed by atoms with van der Waals surface area (Å²) in [6.45, 7) is 0. The van der Waals surface area contributed by atoms with Crippen molar-refractivity contribution < 1.29 is 0 Å². The van der Waals surface area contributed by atoms with Crippen LogP contribution in [0.25, 0.3) is 0 Å². The van der Waals surface area contributed by atoms with Crippen LogP contribution in [-0.4, -0.2) is 6.34 Å². The predicted molar refractivity (Wildman–Crippen MR) is 43.0 cm³/mol. The molecule has 0 spiro atoms. The maximum atomic E-state index is 8.05. The zero-order valence-electron chi connectivity index (χ0n) is 5.78. The van der Waals surface area contributed by atoms with Crippen LogP contribution < -0.4 is 5.32 Å². The zero-order chi connectivity index (χ0) is 7.94. The quantitative estimate of drug-likeness (QED) is 0.387. The molecule has 11 heavy (non-hydrogen) atoms. The molecular formula is C8H6N3. The number of nitrogens with one attached hydrogen (secondary N) is 1. The Labute approximate surface area is 65.0 Å². The highest BCUT2D eigenvalue weighted by Gasteiger charge is 1.82. The first-order valence-corrected chi connectivity index (χ1v) is 3.07. The van der Waals surface area contributed by atoms with Crippen LogP contribution in [0, 0.1) is 17.5 Å². The van der Waals surface area contributed by atoms with Crippen molar-refractivity contribution in [2.45, 2.75) is 0 Å². The number of hydrogen-bond donors (Lipinski definition) is 1. The topological polar surface area (TPSA) is 48.2 Å². The molecule has 0 amide bonds. The summed E-state index contributed by atoms with van der Waals surface area (Å²) in [5, 5.41) is 10.9. The fourth-order valence-electron chi connectivity index (χ4n) is 0.619. The molecule has 1 aromatic carbocycles. The summed E-state index contributed by atoms with van der Waals surface area (Å²) in [4.78, 5) is 3.33. The monoisotopic (exact) mass is 144 g/mol. The van der Waals surface area contributed by atoms with Gasteiger partial charge in [0.1, 0.15) is 6.34 Å². The molecule has 1 aromatic rings. The van der Waals surface area contributed by atoms with E-state index in [4.69, 9.17) is 5.26 Å². The average molecular weight is 144 g/mol. The molecule has 3 heteroatoms. The number of aliphatic imine (C=N–C) groups is 1. The number of rotatable bonds is 2. The normalized spacial score (nSPS) is 9.36. The van der Waals surface area contributed by atoms with Gasteiger partial charge in [0, 0.05) is 5.69 Å². The molecule has 0 aliphatic heterocycles. The number of benzene rings is 1. The lowest BCUT2D eigenvalue weighted by molar-refractivity contribution is 1.44. The van der Waals surface area contributed by atoms with E-state index in [0.717, 1.165) is 5.69 Å². The molecule has 0 unspecified atom stereocenters. The van der Waals surface area contributed by atoms with Gasteiger partial charge in [-0.2, -0.15) is 10.3 Å². The van der Waals surface area contributed by atoms with Gasteiger partial charge >= 0.3 is 0 Å². The fourth-order valence-corrected chi connectivity index (χ4v) is 0.619. The van der Waals surface area contributed by atoms with Crippen LogP contribution in [0.1, 0.15) is 0 Å². The second-order valence-electron chi connectivity index (χ2n) is 1.79. The van der Waals surface area contributed by atoms with Gasteiger partial charge in [-0.3, -0.25) is 0 Å². The molecular weight excluding hydrogens is 138 g/mol. The summed E-state index contributed by atoms with van der Waals surface area (Å²) in [6.07, 6.45) is 2.98. The van der Waals surface area contributed by atoms with Gasteiger partial charge in [0.05, 0.1) is 0 Å². The van der Waals surface area contributed by atoms with E-state index < -0.39 is 0 Å². The number of hydrogen-bond acceptors (Lipinski definition) is 2. The van der Waals surface area contributed by atoms with Gasteiger partial charge in [-0.15, -0.1) is 0 Å². The van der Waals surface area contributed by atoms with Gasteiger partial charge in [0.25, 0.3) is 0 Å². The van der Waals surface area contributed by atoms with Gasteiger partial charge < -0.3 is 5.32 Å². The van der Waals surface area contributed by atoms with Gasteiger partial charge in [0.2, 0.25) is 6.19 Å². The minimum atomic E-state index is 0.891. The van der Waals surface area contributed by atoms with Crippen LogP contribution in [0.3, 0.4) is 0 Å². The second kappa shape index (κ2) is 4.07. The molecule has 0 atom stereocenters. The number of anilines is 1. The molecule has 1 rings (SSSR count). The van der Waals surface area contributed by atoms with Crippen LogP contribution in [-0.2, 0) is 0 Å². The Bertz CT molecular complexity index is 271. The largest absolute Gasteiger partial charge is 0.346 e. The standard InChI is InChI=1S/C8H6N3/c9-6-10-7-11-8-4-2-1-3-5-8/h2-5,7H,(H,10,11). The van der Waals surface area contributed by atoms with Crippen molar-refractivity contribution in [3.05, 3.63) is 30.3 Å². The molecule has 0 bridgehead atoms. The Morgan fingerprint density at radius 3 is 2.91 bits per heavy atom. The Balaban J connectivity index is 2.53. The number of nitrogens with zero attached hydrogens (tertiary/aromatic N) is 2. The van der Waals surface area contributed by atoms with E-state index in [-0.39, 0.29) is 0 Å². The van der Waals surface area contributed by atoms with Crippen molar-refractivity contribution in [3.8, 4) is 6.19 Å². The van der Waals surface area contributed by atoms with Gasteiger partial charge in [0.15, 0.2) is 0 Å². The fraction of sp³-hybridized carbons (Fsp3) is 0. The maximum absolute atomic E-state index is 8.05. The first-order chi connectivity index (χ1) is 5.43. The highest BCUT2D eigenvalue weighted by Crippen LogP contribution is 2.01. The van der Waals surface area contributed by atoms with E-state index in [1.54, 1.807) is 18.3 Å². The third-order valence-corrected chi connectivity index (χ3v) is 1.07. The van der Waals surface area contributed by atoms with E-state index in [0.29, 0.717) is 0 Å². The summed E-state index contributed by atoms with van der Waals surface area (Å²) >= 11 is 0. The second-order valence-corrected chi connectivity index (χ2v) is 1.79. The van der Waals surface area contributed by atoms with Crippen molar-refractivity contribution >= 4 is 12.0 Å². The molecule has 1 N–H and O–H groups in total. The van der Waals surface area contributed by atoms with Crippen molar-refractivity contribution in [2.75, 3.05) is 5.32 Å². The van der Waals surface area contributed by atoms with E-state index >= 15 is 0 Å². The zero-order valence-corrected chi connectivity index (χ0v) is 5.78. The Morgan fingerprint density at radius 1 is 1.55 bits per heavy atom. The molecule has 0 aromatic heterocycles. The van der Waals surface area contributed by atoms with Gasteiger partial charge in [-0.05, 0) is 18.2 Å². The molecule has 1 radical (unpaired) electrons. The molecule has 3 nitrogen and oxygen atoms in total. The lowest BCUT2D eigenvalue weighted by Crippen LogP contribution is -1.92. The average Bonchev–Trinajstić information content (AvgIpc) is 2.07. The van der Waals surface area contributed by atoms with E-state index in [9.17, 15) is 0 Å². The SMILES string of the molecule is N#CN=CNc1cc[c]cc1. The van der Waals surface area contributed by atoms with E-state index in [1.165, 1.54) is 6.34 Å². The molecule has 53 valence electrons. The maximum Gasteiger partial charge on any atom is 0.207 e. The smallest absolute Gasteiger partial charge is 0.207 e. The predicted octanol–water partition coefficient (Wildman–Crippen LogP) is 1.41. The van der Waals surface area contributed by atoms with E-state index in [2.05, 4.69) is 16.4 Å². The first kappa shape index (κ1) is 7.29. The Kier molecular flexibility index (Phi) is 2.70. The van der Waals surface area contributed by atoms with Crippen molar-refractivity contribution in [1.82, 2.24) is 0 Å². The molecule has 0 aliphatic rings. The van der Waals surface area contributed by atoms with Crippen molar-refractivity contribution in [3.63, 3.8) is 0 Å². The highest BCUT2D eigenvalue weighted by molar-refractivity contribution is 5.75. The van der Waals surface area contributed by atoms with E-state index in [1.807, 2.05) is 12.1 Å². The van der Waals surface area contributed by atoms with Crippen LogP contribution in [0.15, 0.2) is 29.3 Å². The van der Waals surface area contributed by atoms with Crippen LogP contribution in [0.4, 0.5) is 5.69 Å². The molecule has 0 fully saturated rings. The minimum absolute atomic E-state index is 0.891. The summed E-state index contributed by atoms with van der Waals surface area (Å²) in [6, 6.07) is 10.1. The summed E-state index contributed by atoms with van der Waals surface area (Å²) < 4.78 is 0. The van der Waals surface area contributed by atoms with Gasteiger partial charge in [-0.25, -0.2) is 0 Å². The molecule has 0 aliphatic carbocycles. The first-order valence-electron chi connectivity index (χ1n) is 3.07. The Hall–Kier alpha value is -1.82. The van der Waals surface area contributed by atoms with Crippen LogP contribution in [0.2, 0.25) is 0 Å². The summed E-state index contributed by atoms with van der Waals surface area (Å²) in [7, 11) is 0. The number of nitriles is 1. The van der Waals surface area contributed by atoms with Crippen molar-refractivity contribution in [2.24, 2.45) is 4.99 Å². The Morgan fingerprint density at radius 2 is 2.27 bits per heavy atom. The van der Waals surface area contributed by atoms with Gasteiger partial charge in [-0.1, -0.05) is 12.1 Å². The van der Waals surface area contributed by atoms with Crippen LogP contribution >= 0.6 is 0 Å². The molecule has 0 saturated carbocycles. The summed E-state index contributed by atoms with van der Waals surface area (Å²) in [5.41, 5.74) is 0.891. The highest BCUT2D eigenvalue weighted by atomic mass is 14.9. The van der Waals surface area contributed by atoms with Crippen molar-refractivity contribution in [1.29, 1.82) is 5.26 Å². The minimum Gasteiger partial charge on any atom is -0.346 e. The third-order valence-electron chi connectivity index (χ3n) is 1.07. The summed E-state index contributed by atoms with van der Waals surface area (Å²) in [5.74, 6) is 0. The third kappa shape index (κ3) is 2.50. The lowest BCUT2D eigenvalue weighted by Gasteiger charge is -1.95. The molecule has 0 heterocycles. The lowest BCUT2D eigenvalue weighted by atomic mass is 10.3.